The number of benzene rings is 1. The Morgan fingerprint density at radius 2 is 1.65 bits per heavy atom. The second-order valence-corrected chi connectivity index (χ2v) is 7.77. The Balaban J connectivity index is 2.49. The minimum atomic E-state index is -0.500. The highest BCUT2D eigenvalue weighted by Crippen LogP contribution is 2.52. The molecule has 0 spiro atoms. The van der Waals surface area contributed by atoms with Gasteiger partial charge < -0.3 is 4.90 Å². The number of hydrogen-bond acceptors (Lipinski definition) is 1. The van der Waals surface area contributed by atoms with Gasteiger partial charge >= 0.3 is 0 Å². The first-order valence-electron chi connectivity index (χ1n) is 9.49. The lowest BCUT2D eigenvalue weighted by Gasteiger charge is -2.47. The zero-order valence-corrected chi connectivity index (χ0v) is 16.7. The molecule has 4 heteroatoms. The molecule has 2 nitrogen and oxygen atoms in total. The summed E-state index contributed by atoms with van der Waals surface area (Å²) in [5, 5.41) is 0. The van der Waals surface area contributed by atoms with E-state index in [1.807, 2.05) is 26.2 Å². The van der Waals surface area contributed by atoms with Crippen LogP contribution < -0.4 is 9.47 Å². The van der Waals surface area contributed by atoms with Crippen LogP contribution >= 0.6 is 0 Å². The van der Waals surface area contributed by atoms with Crippen molar-refractivity contribution in [2.75, 3.05) is 19.0 Å². The van der Waals surface area contributed by atoms with E-state index in [-0.39, 0.29) is 11.0 Å². The molecular formula is C22H29F2N2+. The molecule has 1 aliphatic heterocycles. The van der Waals surface area contributed by atoms with Crippen LogP contribution in [0.3, 0.4) is 0 Å². The monoisotopic (exact) mass is 359 g/mol. The summed E-state index contributed by atoms with van der Waals surface area (Å²) in [6, 6.07) is 6.53. The van der Waals surface area contributed by atoms with E-state index in [9.17, 15) is 8.78 Å². The summed E-state index contributed by atoms with van der Waals surface area (Å²) in [5.74, 6) is -0.979. The Labute approximate surface area is 155 Å². The molecule has 1 aromatic heterocycles. The van der Waals surface area contributed by atoms with Gasteiger partial charge in [-0.2, -0.15) is 4.57 Å². The fourth-order valence-corrected chi connectivity index (χ4v) is 4.99. The van der Waals surface area contributed by atoms with Gasteiger partial charge in [0.25, 0.3) is 0 Å². The molecule has 140 valence electrons. The van der Waals surface area contributed by atoms with Crippen molar-refractivity contribution in [3.63, 3.8) is 0 Å². The number of hydrogen-bond donors (Lipinski definition) is 0. The maximum atomic E-state index is 14.9. The highest BCUT2D eigenvalue weighted by atomic mass is 19.1. The molecule has 1 unspecified atom stereocenters. The third-order valence-electron chi connectivity index (χ3n) is 6.72. The summed E-state index contributed by atoms with van der Waals surface area (Å²) < 4.78 is 31.4. The van der Waals surface area contributed by atoms with Gasteiger partial charge in [0.2, 0.25) is 5.69 Å². The molecule has 0 radical (unpaired) electrons. The minimum Gasteiger partial charge on any atom is -0.373 e. The molecule has 0 aliphatic carbocycles. The maximum absolute atomic E-state index is 14.9. The van der Waals surface area contributed by atoms with Gasteiger partial charge in [0.05, 0.1) is 11.0 Å². The number of anilines is 1. The summed E-state index contributed by atoms with van der Waals surface area (Å²) in [6.45, 7) is 8.64. The summed E-state index contributed by atoms with van der Waals surface area (Å²) in [6.07, 6.45) is 4.71. The largest absolute Gasteiger partial charge is 0.373 e. The number of aromatic nitrogens is 1. The van der Waals surface area contributed by atoms with Crippen molar-refractivity contribution in [3.05, 3.63) is 47.7 Å². The second-order valence-electron chi connectivity index (χ2n) is 7.77. The van der Waals surface area contributed by atoms with Gasteiger partial charge in [-0.25, -0.2) is 8.78 Å². The van der Waals surface area contributed by atoms with Gasteiger partial charge in [-0.1, -0.05) is 20.8 Å². The third kappa shape index (κ3) is 2.30. The molecule has 1 aliphatic rings. The van der Waals surface area contributed by atoms with Crippen molar-refractivity contribution >= 4 is 5.69 Å². The molecule has 0 saturated heterocycles. The van der Waals surface area contributed by atoms with Crippen molar-refractivity contribution in [2.45, 2.75) is 57.9 Å². The van der Waals surface area contributed by atoms with Crippen molar-refractivity contribution in [2.24, 2.45) is 0 Å². The fraction of sp³-hybridized carbons (Fsp3) is 0.500. The zero-order valence-electron chi connectivity index (χ0n) is 16.7. The van der Waals surface area contributed by atoms with E-state index in [1.54, 1.807) is 6.07 Å². The van der Waals surface area contributed by atoms with Crippen molar-refractivity contribution in [3.8, 4) is 11.3 Å². The lowest BCUT2D eigenvalue weighted by atomic mass is 9.59. The van der Waals surface area contributed by atoms with Crippen molar-refractivity contribution < 1.29 is 13.3 Å². The summed E-state index contributed by atoms with van der Waals surface area (Å²) in [4.78, 5) is 2.06. The lowest BCUT2D eigenvalue weighted by molar-refractivity contribution is -0.769. The second kappa shape index (κ2) is 6.33. The van der Waals surface area contributed by atoms with Crippen LogP contribution in [0.15, 0.2) is 30.5 Å². The van der Waals surface area contributed by atoms with Gasteiger partial charge in [-0.3, -0.25) is 0 Å². The molecule has 0 saturated carbocycles. The number of nitrogens with zero attached hydrogens (tertiary/aromatic N) is 2. The maximum Gasteiger partial charge on any atom is 0.216 e. The predicted octanol–water partition coefficient (Wildman–Crippen LogP) is 5.18. The summed E-state index contributed by atoms with van der Waals surface area (Å²) in [5.41, 5.74) is 2.63. The van der Waals surface area contributed by atoms with Crippen LogP contribution in [0, 0.1) is 11.6 Å². The average molecular weight is 359 g/mol. The van der Waals surface area contributed by atoms with E-state index in [0.29, 0.717) is 5.56 Å². The summed E-state index contributed by atoms with van der Waals surface area (Å²) in [7, 11) is 4.02. The number of pyridine rings is 1. The Kier molecular flexibility index (Phi) is 4.58. The minimum absolute atomic E-state index is 0.240. The van der Waals surface area contributed by atoms with Gasteiger partial charge in [-0.15, -0.1) is 0 Å². The molecule has 0 fully saturated rings. The van der Waals surface area contributed by atoms with Crippen LogP contribution in [0.2, 0.25) is 0 Å². The third-order valence-corrected chi connectivity index (χ3v) is 6.72. The normalized spacial score (nSPS) is 20.5. The van der Waals surface area contributed by atoms with Gasteiger partial charge in [0.15, 0.2) is 11.7 Å². The first kappa shape index (κ1) is 18.8. The molecule has 0 bridgehead atoms. The number of halogens is 2. The van der Waals surface area contributed by atoms with Crippen LogP contribution in [0.1, 0.15) is 52.5 Å². The van der Waals surface area contributed by atoms with Crippen LogP contribution in [0.5, 0.6) is 0 Å². The number of rotatable bonds is 4. The first-order chi connectivity index (χ1) is 12.3. The molecule has 0 amide bonds. The molecule has 26 heavy (non-hydrogen) atoms. The predicted molar refractivity (Wildman–Crippen MR) is 103 cm³/mol. The van der Waals surface area contributed by atoms with Gasteiger partial charge in [-0.05, 0) is 31.0 Å². The van der Waals surface area contributed by atoms with Crippen LogP contribution in [0.4, 0.5) is 14.5 Å². The molecule has 2 heterocycles. The molecular weight excluding hydrogens is 330 g/mol. The van der Waals surface area contributed by atoms with Crippen LogP contribution in [-0.4, -0.2) is 14.1 Å². The first-order valence-corrected chi connectivity index (χ1v) is 9.49. The van der Waals surface area contributed by atoms with E-state index < -0.39 is 11.6 Å². The Bertz CT molecular complexity index is 840. The van der Waals surface area contributed by atoms with E-state index in [2.05, 4.69) is 43.4 Å². The number of fused-ring (bicyclic) bond motifs is 3. The Morgan fingerprint density at radius 1 is 1.00 bits per heavy atom. The van der Waals surface area contributed by atoms with Crippen molar-refractivity contribution in [1.29, 1.82) is 0 Å². The van der Waals surface area contributed by atoms with Crippen molar-refractivity contribution in [1.82, 2.24) is 0 Å². The molecule has 2 aromatic rings. The molecule has 0 N–H and O–H groups in total. The molecule has 1 aromatic carbocycles. The van der Waals surface area contributed by atoms with Gasteiger partial charge in [0.1, 0.15) is 17.3 Å². The van der Waals surface area contributed by atoms with E-state index in [0.717, 1.165) is 42.3 Å². The molecule has 3 rings (SSSR count). The van der Waals surface area contributed by atoms with E-state index in [4.69, 9.17) is 0 Å². The van der Waals surface area contributed by atoms with E-state index in [1.165, 1.54) is 0 Å². The summed E-state index contributed by atoms with van der Waals surface area (Å²) >= 11 is 0. The standard InChI is InChI=1S/C22H29F2N2/c1-7-21(4)17-12-15(23)13-18(24)20(17)19-11-10-16(25(5)6)14-26(19)22(21,8-2)9-3/h10-14H,7-9H2,1-6H3/q+1. The highest BCUT2D eigenvalue weighted by molar-refractivity contribution is 5.67. The van der Waals surface area contributed by atoms with Crippen LogP contribution in [-0.2, 0) is 11.0 Å². The van der Waals surface area contributed by atoms with Crippen LogP contribution in [0.25, 0.3) is 11.3 Å². The Morgan fingerprint density at radius 3 is 2.19 bits per heavy atom. The zero-order chi connectivity index (χ0) is 19.3. The SMILES string of the molecule is CCC1(C)c2cc(F)cc(F)c2-c2ccc(N(C)C)c[n+]2C1(CC)CC. The van der Waals surface area contributed by atoms with Gasteiger partial charge in [0, 0.05) is 39.1 Å². The highest BCUT2D eigenvalue weighted by Gasteiger charge is 2.59. The lowest BCUT2D eigenvalue weighted by Crippen LogP contribution is -2.69. The fourth-order valence-electron chi connectivity index (χ4n) is 4.99. The topological polar surface area (TPSA) is 7.12 Å². The quantitative estimate of drug-likeness (QED) is 0.682. The van der Waals surface area contributed by atoms with E-state index >= 15 is 0 Å². The smallest absolute Gasteiger partial charge is 0.216 e. The average Bonchev–Trinajstić information content (AvgIpc) is 2.62. The molecule has 1 atom stereocenters. The Hall–Kier alpha value is -1.97.